The molecule has 4 aromatic rings. The lowest BCUT2D eigenvalue weighted by molar-refractivity contribution is 0.0992. The van der Waals surface area contributed by atoms with Crippen molar-refractivity contribution in [3.63, 3.8) is 0 Å². The van der Waals surface area contributed by atoms with E-state index in [2.05, 4.69) is 10.4 Å². The molecule has 0 aliphatic carbocycles. The lowest BCUT2D eigenvalue weighted by atomic mass is 10.2. The summed E-state index contributed by atoms with van der Waals surface area (Å²) in [5, 5.41) is 7.94. The first kappa shape index (κ1) is 22.6. The van der Waals surface area contributed by atoms with E-state index in [9.17, 15) is 9.18 Å². The number of nitrogens with zero attached hydrogens (tertiary/aromatic N) is 2. The molecule has 0 atom stereocenters. The predicted molar refractivity (Wildman–Crippen MR) is 124 cm³/mol. The highest BCUT2D eigenvalue weighted by Gasteiger charge is 2.18. The molecule has 2 aromatic carbocycles. The molecule has 0 radical (unpaired) electrons. The van der Waals surface area contributed by atoms with Crippen LogP contribution < -0.4 is 10.1 Å². The number of hydrogen-bond donors (Lipinski definition) is 1. The number of aromatic nitrogens is 2. The number of ether oxygens (including phenoxy) is 1. The molecule has 0 fully saturated rings. The maximum Gasteiger partial charge on any atom is 0.291 e. The zero-order chi connectivity index (χ0) is 23.5. The molecule has 0 unspecified atom stereocenters. The average Bonchev–Trinajstić information content (AvgIpc) is 3.35. The van der Waals surface area contributed by atoms with Gasteiger partial charge >= 0.3 is 0 Å². The molecule has 6 nitrogen and oxygen atoms in total. The molecule has 0 aliphatic rings. The van der Waals surface area contributed by atoms with Crippen LogP contribution in [0.2, 0.25) is 5.02 Å². The number of hydrogen-bond acceptors (Lipinski definition) is 4. The molecule has 1 amide bonds. The zero-order valence-corrected chi connectivity index (χ0v) is 19.2. The maximum atomic E-state index is 14.0. The Bertz CT molecular complexity index is 1310. The number of aryl methyl sites for hydroxylation is 2. The Labute approximate surface area is 195 Å². The third-order valence-corrected chi connectivity index (χ3v) is 5.53. The number of anilines is 1. The largest absolute Gasteiger partial charge is 0.485 e. The minimum absolute atomic E-state index is 0.155. The standard InChI is InChI=1S/C25H23ClFN3O3/c1-15-12-19(26)8-10-22(15)32-14-20-9-11-23(33-20)25(31)28-24-16(2)29-30(17(24)3)13-18-6-4-5-7-21(18)27/h4-12H,13-14H2,1-3H3,(H,28,31). The number of furan rings is 1. The van der Waals surface area contributed by atoms with Gasteiger partial charge in [0.15, 0.2) is 5.76 Å². The van der Waals surface area contributed by atoms with Crippen molar-refractivity contribution >= 4 is 23.2 Å². The van der Waals surface area contributed by atoms with Crippen LogP contribution in [0.15, 0.2) is 59.0 Å². The number of rotatable bonds is 7. The van der Waals surface area contributed by atoms with E-state index in [0.29, 0.717) is 33.5 Å². The van der Waals surface area contributed by atoms with Crippen LogP contribution in [-0.2, 0) is 13.2 Å². The second-order valence-electron chi connectivity index (χ2n) is 7.71. The Morgan fingerprint density at radius 2 is 1.94 bits per heavy atom. The van der Waals surface area contributed by atoms with Crippen LogP contribution in [0, 0.1) is 26.6 Å². The minimum atomic E-state index is -0.402. The highest BCUT2D eigenvalue weighted by Crippen LogP contribution is 2.24. The lowest BCUT2D eigenvalue weighted by Gasteiger charge is -2.08. The monoisotopic (exact) mass is 467 g/mol. The Hall–Kier alpha value is -3.58. The van der Waals surface area contributed by atoms with Gasteiger partial charge in [0, 0.05) is 10.6 Å². The summed E-state index contributed by atoms with van der Waals surface area (Å²) in [6.45, 7) is 5.96. The SMILES string of the molecule is Cc1cc(Cl)ccc1OCc1ccc(C(=O)Nc2c(C)nn(Cc3ccccc3F)c2C)o1. The lowest BCUT2D eigenvalue weighted by Crippen LogP contribution is -2.12. The fourth-order valence-electron chi connectivity index (χ4n) is 3.50. The van der Waals surface area contributed by atoms with Crippen molar-refractivity contribution in [2.24, 2.45) is 0 Å². The molecule has 4 rings (SSSR count). The van der Waals surface area contributed by atoms with Crippen LogP contribution in [0.4, 0.5) is 10.1 Å². The molecule has 0 saturated carbocycles. The normalized spacial score (nSPS) is 10.9. The van der Waals surface area contributed by atoms with Crippen LogP contribution in [-0.4, -0.2) is 15.7 Å². The summed E-state index contributed by atoms with van der Waals surface area (Å²) in [6, 6.07) is 15.2. The van der Waals surface area contributed by atoms with Gasteiger partial charge in [-0.05, 0) is 62.7 Å². The molecule has 8 heteroatoms. The quantitative estimate of drug-likeness (QED) is 0.358. The van der Waals surface area contributed by atoms with Gasteiger partial charge in [0.25, 0.3) is 5.91 Å². The van der Waals surface area contributed by atoms with E-state index < -0.39 is 5.91 Å². The van der Waals surface area contributed by atoms with Gasteiger partial charge in [0.2, 0.25) is 0 Å². The van der Waals surface area contributed by atoms with Gasteiger partial charge in [-0.1, -0.05) is 29.8 Å². The molecule has 0 bridgehead atoms. The molecule has 0 saturated heterocycles. The third kappa shape index (κ3) is 5.09. The first-order chi connectivity index (χ1) is 15.8. The van der Waals surface area contributed by atoms with Crippen molar-refractivity contribution in [2.75, 3.05) is 5.32 Å². The number of nitrogens with one attached hydrogen (secondary N) is 1. The first-order valence-electron chi connectivity index (χ1n) is 10.4. The van der Waals surface area contributed by atoms with E-state index in [0.717, 1.165) is 11.3 Å². The molecule has 33 heavy (non-hydrogen) atoms. The summed E-state index contributed by atoms with van der Waals surface area (Å²) >= 11 is 5.97. The molecule has 1 N–H and O–H groups in total. The van der Waals surface area contributed by atoms with Crippen molar-refractivity contribution in [3.05, 3.63) is 99.5 Å². The molecule has 2 heterocycles. The van der Waals surface area contributed by atoms with Crippen LogP contribution >= 0.6 is 11.6 Å². The zero-order valence-electron chi connectivity index (χ0n) is 18.5. The van der Waals surface area contributed by atoms with Gasteiger partial charge in [0.05, 0.1) is 23.6 Å². The Kier molecular flexibility index (Phi) is 6.51. The van der Waals surface area contributed by atoms with Crippen LogP contribution in [0.3, 0.4) is 0 Å². The number of benzene rings is 2. The summed E-state index contributed by atoms with van der Waals surface area (Å²) in [7, 11) is 0. The van der Waals surface area contributed by atoms with Crippen molar-refractivity contribution in [2.45, 2.75) is 33.9 Å². The molecular formula is C25H23ClFN3O3. The Morgan fingerprint density at radius 1 is 1.15 bits per heavy atom. The number of halogens is 2. The van der Waals surface area contributed by atoms with Crippen LogP contribution in [0.25, 0.3) is 0 Å². The summed E-state index contributed by atoms with van der Waals surface area (Å²) in [4.78, 5) is 12.8. The predicted octanol–water partition coefficient (Wildman–Crippen LogP) is 6.07. The van der Waals surface area contributed by atoms with Gasteiger partial charge in [-0.2, -0.15) is 5.10 Å². The topological polar surface area (TPSA) is 69.3 Å². The summed E-state index contributed by atoms with van der Waals surface area (Å²) in [5.74, 6) is 0.658. The smallest absolute Gasteiger partial charge is 0.291 e. The van der Waals surface area contributed by atoms with Crippen LogP contribution in [0.5, 0.6) is 5.75 Å². The van der Waals surface area contributed by atoms with E-state index in [1.165, 1.54) is 6.07 Å². The van der Waals surface area contributed by atoms with E-state index in [1.54, 1.807) is 54.1 Å². The summed E-state index contributed by atoms with van der Waals surface area (Å²) in [5.41, 5.74) is 3.35. The number of carbonyl (C=O) groups excluding carboxylic acids is 1. The molecule has 170 valence electrons. The molecule has 2 aromatic heterocycles. The van der Waals surface area contributed by atoms with Crippen molar-refractivity contribution in [1.82, 2.24) is 9.78 Å². The van der Waals surface area contributed by atoms with Gasteiger partial charge in [0.1, 0.15) is 23.9 Å². The molecular weight excluding hydrogens is 445 g/mol. The van der Waals surface area contributed by atoms with Gasteiger partial charge < -0.3 is 14.5 Å². The van der Waals surface area contributed by atoms with Crippen molar-refractivity contribution < 1.29 is 18.3 Å². The number of amides is 1. The second kappa shape index (κ2) is 9.50. The van der Waals surface area contributed by atoms with Gasteiger partial charge in [-0.25, -0.2) is 4.39 Å². The van der Waals surface area contributed by atoms with Gasteiger partial charge in [-0.15, -0.1) is 0 Å². The van der Waals surface area contributed by atoms with Gasteiger partial charge in [-0.3, -0.25) is 9.48 Å². The average molecular weight is 468 g/mol. The van der Waals surface area contributed by atoms with Crippen molar-refractivity contribution in [3.8, 4) is 5.75 Å². The molecule has 0 aliphatic heterocycles. The van der Waals surface area contributed by atoms with E-state index in [-0.39, 0.29) is 24.7 Å². The highest BCUT2D eigenvalue weighted by atomic mass is 35.5. The fourth-order valence-corrected chi connectivity index (χ4v) is 3.72. The Morgan fingerprint density at radius 3 is 2.70 bits per heavy atom. The summed E-state index contributed by atoms with van der Waals surface area (Å²) in [6.07, 6.45) is 0. The highest BCUT2D eigenvalue weighted by molar-refractivity contribution is 6.30. The van der Waals surface area contributed by atoms with Crippen LogP contribution in [0.1, 0.15) is 38.8 Å². The van der Waals surface area contributed by atoms with E-state index in [4.69, 9.17) is 20.8 Å². The summed E-state index contributed by atoms with van der Waals surface area (Å²) < 4.78 is 27.1. The molecule has 0 spiro atoms. The fraction of sp³-hybridized carbons (Fsp3) is 0.200. The Balaban J connectivity index is 1.43. The third-order valence-electron chi connectivity index (χ3n) is 5.29. The second-order valence-corrected chi connectivity index (χ2v) is 8.15. The van der Waals surface area contributed by atoms with E-state index >= 15 is 0 Å². The van der Waals surface area contributed by atoms with Crippen molar-refractivity contribution in [1.29, 1.82) is 0 Å². The number of carbonyl (C=O) groups is 1. The first-order valence-corrected chi connectivity index (χ1v) is 10.8. The van der Waals surface area contributed by atoms with E-state index in [1.807, 2.05) is 19.9 Å². The maximum absolute atomic E-state index is 14.0. The minimum Gasteiger partial charge on any atom is -0.485 e.